The Hall–Kier alpha value is -2.82. The molecule has 0 heterocycles. The zero-order valence-corrected chi connectivity index (χ0v) is 15.7. The van der Waals surface area contributed by atoms with Crippen LogP contribution < -0.4 is 10.2 Å². The van der Waals surface area contributed by atoms with Crippen molar-refractivity contribution in [3.05, 3.63) is 99.5 Å². The van der Waals surface area contributed by atoms with Gasteiger partial charge in [-0.05, 0) is 23.8 Å². The highest BCUT2D eigenvalue weighted by atomic mass is 35.5. The number of benzene rings is 3. The van der Waals surface area contributed by atoms with Crippen molar-refractivity contribution in [2.24, 2.45) is 5.10 Å². The zero-order valence-electron chi connectivity index (χ0n) is 14.2. The van der Waals surface area contributed by atoms with Crippen LogP contribution in [0, 0.1) is 0 Å². The maximum Gasteiger partial charge on any atom is 0.275 e. The summed E-state index contributed by atoms with van der Waals surface area (Å²) in [5, 5.41) is 4.76. The molecule has 0 saturated carbocycles. The van der Waals surface area contributed by atoms with Crippen LogP contribution >= 0.6 is 23.2 Å². The fourth-order valence-corrected chi connectivity index (χ4v) is 2.71. The number of hydrazone groups is 1. The Balaban J connectivity index is 1.68. The molecule has 1 amide bonds. The highest BCUT2D eigenvalue weighted by molar-refractivity contribution is 6.43. The number of amides is 1. The average Bonchev–Trinajstić information content (AvgIpc) is 2.70. The average molecular weight is 399 g/mol. The molecule has 0 aliphatic carbocycles. The highest BCUT2D eigenvalue weighted by Gasteiger charge is 2.11. The normalized spacial score (nSPS) is 10.7. The topological polar surface area (TPSA) is 50.7 Å². The Morgan fingerprint density at radius 2 is 1.70 bits per heavy atom. The van der Waals surface area contributed by atoms with Gasteiger partial charge < -0.3 is 4.74 Å². The second-order valence-electron chi connectivity index (χ2n) is 5.61. The van der Waals surface area contributed by atoms with Crippen LogP contribution in [-0.4, -0.2) is 12.1 Å². The molecule has 136 valence electrons. The zero-order chi connectivity index (χ0) is 19.1. The maximum absolute atomic E-state index is 12.5. The monoisotopic (exact) mass is 398 g/mol. The largest absolute Gasteiger partial charge is 0.488 e. The highest BCUT2D eigenvalue weighted by Crippen LogP contribution is 2.24. The molecule has 3 rings (SSSR count). The lowest BCUT2D eigenvalue weighted by Gasteiger charge is -2.10. The van der Waals surface area contributed by atoms with Crippen LogP contribution in [0.5, 0.6) is 5.75 Å². The first-order valence-corrected chi connectivity index (χ1v) is 8.94. The van der Waals surface area contributed by atoms with Gasteiger partial charge >= 0.3 is 0 Å². The molecule has 0 unspecified atom stereocenters. The lowest BCUT2D eigenvalue weighted by molar-refractivity contribution is 0.0950. The minimum atomic E-state index is -0.381. The van der Waals surface area contributed by atoms with Gasteiger partial charge in [0, 0.05) is 5.56 Å². The third-order valence-corrected chi connectivity index (χ3v) is 4.55. The van der Waals surface area contributed by atoms with Crippen LogP contribution in [0.25, 0.3) is 0 Å². The van der Waals surface area contributed by atoms with E-state index in [0.29, 0.717) is 33.5 Å². The molecule has 6 heteroatoms. The third kappa shape index (κ3) is 5.09. The van der Waals surface area contributed by atoms with Gasteiger partial charge in [-0.15, -0.1) is 0 Å². The van der Waals surface area contributed by atoms with E-state index in [-0.39, 0.29) is 5.91 Å². The molecule has 0 radical (unpaired) electrons. The number of carbonyl (C=O) groups is 1. The second kappa shape index (κ2) is 9.21. The lowest BCUT2D eigenvalue weighted by Crippen LogP contribution is -2.18. The van der Waals surface area contributed by atoms with Gasteiger partial charge in [0.1, 0.15) is 12.4 Å². The summed E-state index contributed by atoms with van der Waals surface area (Å²) < 4.78 is 5.79. The van der Waals surface area contributed by atoms with Crippen LogP contribution in [0.15, 0.2) is 77.9 Å². The molecule has 0 saturated heterocycles. The Morgan fingerprint density at radius 1 is 0.963 bits per heavy atom. The fraction of sp³-hybridized carbons (Fsp3) is 0.0476. The molecular formula is C21H16Cl2N2O2. The van der Waals surface area contributed by atoms with Crippen molar-refractivity contribution in [1.82, 2.24) is 5.43 Å². The number of halogens is 2. The standard InChI is InChI=1S/C21H16Cl2N2O2/c22-18-11-6-9-16(20(18)23)13-24-25-21(26)17-10-4-5-12-19(17)27-14-15-7-2-1-3-8-15/h1-13H,14H2,(H,25,26). The van der Waals surface area contributed by atoms with Gasteiger partial charge in [0.15, 0.2) is 0 Å². The summed E-state index contributed by atoms with van der Waals surface area (Å²) in [7, 11) is 0. The summed E-state index contributed by atoms with van der Waals surface area (Å²) in [4.78, 5) is 12.5. The van der Waals surface area contributed by atoms with Gasteiger partial charge in [-0.2, -0.15) is 5.10 Å². The first-order chi connectivity index (χ1) is 13.1. The molecule has 0 spiro atoms. The Morgan fingerprint density at radius 3 is 2.52 bits per heavy atom. The summed E-state index contributed by atoms with van der Waals surface area (Å²) in [6.07, 6.45) is 1.44. The quantitative estimate of drug-likeness (QED) is 0.450. The minimum absolute atomic E-state index is 0.368. The first kappa shape index (κ1) is 19.0. The van der Waals surface area contributed by atoms with E-state index in [1.807, 2.05) is 36.4 Å². The number of hydrogen-bond donors (Lipinski definition) is 1. The van der Waals surface area contributed by atoms with E-state index in [1.165, 1.54) is 6.21 Å². The number of nitrogens with zero attached hydrogens (tertiary/aromatic N) is 1. The second-order valence-corrected chi connectivity index (χ2v) is 6.40. The molecular weight excluding hydrogens is 383 g/mol. The van der Waals surface area contributed by atoms with E-state index in [1.54, 1.807) is 36.4 Å². The molecule has 0 aliphatic rings. The number of ether oxygens (including phenoxy) is 1. The van der Waals surface area contributed by atoms with Crippen molar-refractivity contribution in [3.8, 4) is 5.75 Å². The van der Waals surface area contributed by atoms with E-state index in [4.69, 9.17) is 27.9 Å². The molecule has 3 aromatic carbocycles. The maximum atomic E-state index is 12.5. The van der Waals surface area contributed by atoms with Gasteiger partial charge in [-0.25, -0.2) is 5.43 Å². The van der Waals surface area contributed by atoms with Crippen LogP contribution in [0.3, 0.4) is 0 Å². The molecule has 0 aliphatic heterocycles. The Bertz CT molecular complexity index is 959. The van der Waals surface area contributed by atoms with Gasteiger partial charge in [0.05, 0.1) is 21.8 Å². The van der Waals surface area contributed by atoms with Crippen molar-refractivity contribution >= 4 is 35.3 Å². The van der Waals surface area contributed by atoms with Gasteiger partial charge in [0.2, 0.25) is 0 Å². The molecule has 4 nitrogen and oxygen atoms in total. The van der Waals surface area contributed by atoms with E-state index in [9.17, 15) is 4.79 Å². The number of para-hydroxylation sites is 1. The summed E-state index contributed by atoms with van der Waals surface area (Å²) in [5.41, 5.74) is 4.50. The molecule has 1 N–H and O–H groups in total. The van der Waals surface area contributed by atoms with Crippen molar-refractivity contribution in [1.29, 1.82) is 0 Å². The smallest absolute Gasteiger partial charge is 0.275 e. The molecule has 0 fully saturated rings. The minimum Gasteiger partial charge on any atom is -0.488 e. The summed E-state index contributed by atoms with van der Waals surface area (Å²) >= 11 is 12.1. The third-order valence-electron chi connectivity index (χ3n) is 3.72. The summed E-state index contributed by atoms with van der Waals surface area (Å²) in [6.45, 7) is 0.368. The SMILES string of the molecule is O=C(NN=Cc1cccc(Cl)c1Cl)c1ccccc1OCc1ccccc1. The van der Waals surface area contributed by atoms with Crippen molar-refractivity contribution < 1.29 is 9.53 Å². The van der Waals surface area contributed by atoms with Crippen LogP contribution in [-0.2, 0) is 6.61 Å². The summed E-state index contributed by atoms with van der Waals surface area (Å²) in [5.74, 6) is 0.0999. The molecule has 0 atom stereocenters. The fourth-order valence-electron chi connectivity index (χ4n) is 2.36. The van der Waals surface area contributed by atoms with Crippen LogP contribution in [0.2, 0.25) is 10.0 Å². The molecule has 0 aromatic heterocycles. The first-order valence-electron chi connectivity index (χ1n) is 8.18. The van der Waals surface area contributed by atoms with Crippen LogP contribution in [0.4, 0.5) is 0 Å². The lowest BCUT2D eigenvalue weighted by atomic mass is 10.2. The van der Waals surface area contributed by atoms with Crippen molar-refractivity contribution in [2.45, 2.75) is 6.61 Å². The van der Waals surface area contributed by atoms with E-state index < -0.39 is 0 Å². The van der Waals surface area contributed by atoms with Gasteiger partial charge in [-0.3, -0.25) is 4.79 Å². The van der Waals surface area contributed by atoms with Crippen LogP contribution in [0.1, 0.15) is 21.5 Å². The van der Waals surface area contributed by atoms with E-state index >= 15 is 0 Å². The van der Waals surface area contributed by atoms with Crippen molar-refractivity contribution in [3.63, 3.8) is 0 Å². The number of carbonyl (C=O) groups excluding carboxylic acids is 1. The number of rotatable bonds is 6. The molecule has 0 bridgehead atoms. The predicted octanol–water partition coefficient (Wildman–Crippen LogP) is 5.34. The number of nitrogens with one attached hydrogen (secondary N) is 1. The molecule has 3 aromatic rings. The van der Waals surface area contributed by atoms with Gasteiger partial charge in [-0.1, -0.05) is 77.8 Å². The van der Waals surface area contributed by atoms with Crippen molar-refractivity contribution in [2.75, 3.05) is 0 Å². The summed E-state index contributed by atoms with van der Waals surface area (Å²) in [6, 6.07) is 21.9. The van der Waals surface area contributed by atoms with E-state index in [0.717, 1.165) is 5.56 Å². The van der Waals surface area contributed by atoms with Gasteiger partial charge in [0.25, 0.3) is 5.91 Å². The number of hydrogen-bond acceptors (Lipinski definition) is 3. The predicted molar refractivity (Wildman–Crippen MR) is 109 cm³/mol. The Labute approximate surface area is 167 Å². The van der Waals surface area contributed by atoms with E-state index in [2.05, 4.69) is 10.5 Å². The Kier molecular flexibility index (Phi) is 6.47. The molecule has 27 heavy (non-hydrogen) atoms.